The smallest absolute Gasteiger partial charge is 0.410 e. The van der Waals surface area contributed by atoms with E-state index >= 15 is 0 Å². The van der Waals surface area contributed by atoms with Crippen molar-refractivity contribution in [1.29, 1.82) is 0 Å². The highest BCUT2D eigenvalue weighted by Crippen LogP contribution is 2.41. The molecule has 2 fully saturated rings. The van der Waals surface area contributed by atoms with Crippen LogP contribution in [0.4, 0.5) is 4.79 Å². The van der Waals surface area contributed by atoms with Crippen LogP contribution in [0, 0.1) is 5.92 Å². The van der Waals surface area contributed by atoms with Crippen molar-refractivity contribution in [2.75, 3.05) is 26.8 Å². The van der Waals surface area contributed by atoms with Crippen molar-refractivity contribution in [3.63, 3.8) is 0 Å². The molecule has 1 aromatic rings. The normalized spacial score (nSPS) is 20.8. The van der Waals surface area contributed by atoms with Gasteiger partial charge in [0.05, 0.1) is 19.4 Å². The van der Waals surface area contributed by atoms with Crippen LogP contribution in [0.3, 0.4) is 0 Å². The number of piperidine rings is 1. The van der Waals surface area contributed by atoms with Crippen molar-refractivity contribution in [2.24, 2.45) is 11.1 Å². The van der Waals surface area contributed by atoms with Gasteiger partial charge in [-0.3, -0.25) is 0 Å². The molecule has 1 saturated heterocycles. The number of ether oxygens (including phenoxy) is 3. The lowest BCUT2D eigenvalue weighted by Gasteiger charge is -2.33. The van der Waals surface area contributed by atoms with Crippen molar-refractivity contribution in [2.45, 2.75) is 76.9 Å². The van der Waals surface area contributed by atoms with Crippen LogP contribution in [0.25, 0.3) is 0 Å². The minimum Gasteiger partial charge on any atom is -0.493 e. The Morgan fingerprint density at radius 2 is 1.91 bits per heavy atom. The van der Waals surface area contributed by atoms with E-state index in [-0.39, 0.29) is 11.7 Å². The van der Waals surface area contributed by atoms with Crippen LogP contribution in [0.5, 0.6) is 11.5 Å². The third-order valence-electron chi connectivity index (χ3n) is 6.59. The molecule has 0 atom stereocenters. The molecule has 1 aromatic carbocycles. The number of benzene rings is 1. The van der Waals surface area contributed by atoms with Crippen molar-refractivity contribution in [3.8, 4) is 11.5 Å². The monoisotopic (exact) mass is 444 g/mol. The number of methoxy groups -OCH3 is 1. The Balaban J connectivity index is 1.33. The molecule has 0 bridgehead atoms. The van der Waals surface area contributed by atoms with Gasteiger partial charge in [0.15, 0.2) is 11.5 Å². The van der Waals surface area contributed by atoms with Gasteiger partial charge in [0.25, 0.3) is 0 Å². The summed E-state index contributed by atoms with van der Waals surface area (Å²) in [6, 6.07) is 5.99. The first-order valence-corrected chi connectivity index (χ1v) is 11.8. The van der Waals surface area contributed by atoms with Crippen molar-refractivity contribution < 1.29 is 23.8 Å². The van der Waals surface area contributed by atoms with Gasteiger partial charge in [-0.2, -0.15) is 0 Å². The molecule has 32 heavy (non-hydrogen) atoms. The van der Waals surface area contributed by atoms with Gasteiger partial charge in [0.2, 0.25) is 0 Å². The first-order valence-electron chi connectivity index (χ1n) is 11.8. The average molecular weight is 445 g/mol. The van der Waals surface area contributed by atoms with Crippen LogP contribution < -0.4 is 9.47 Å². The van der Waals surface area contributed by atoms with E-state index in [9.17, 15) is 4.79 Å². The summed E-state index contributed by atoms with van der Waals surface area (Å²) in [6.45, 7) is 7.65. The lowest BCUT2D eigenvalue weighted by Crippen LogP contribution is -2.42. The first kappa shape index (κ1) is 22.7. The fraction of sp³-hybridized carbons (Fsp3) is 0.680. The zero-order valence-corrected chi connectivity index (χ0v) is 19.8. The Kier molecular flexibility index (Phi) is 6.54. The molecule has 1 spiro atoms. The SMILES string of the molecule is COc1ccc(C2=NOC3(CCCC3)C2)cc1OCC1CCN(C(=O)OC(C)(C)C)CC1. The van der Waals surface area contributed by atoms with Gasteiger partial charge in [-0.1, -0.05) is 5.16 Å². The predicted octanol–water partition coefficient (Wildman–Crippen LogP) is 5.16. The summed E-state index contributed by atoms with van der Waals surface area (Å²) in [7, 11) is 1.66. The van der Waals surface area contributed by atoms with Gasteiger partial charge in [-0.05, 0) is 83.4 Å². The van der Waals surface area contributed by atoms with Crippen LogP contribution >= 0.6 is 0 Å². The fourth-order valence-corrected chi connectivity index (χ4v) is 4.75. The third kappa shape index (κ3) is 5.30. The number of hydrogen-bond donors (Lipinski definition) is 0. The standard InChI is InChI=1S/C25H36N2O5/c1-24(2,3)31-23(28)27-13-9-18(10-14-27)17-30-22-15-19(7-8-21(22)29-4)20-16-25(32-26-20)11-5-6-12-25/h7-8,15,18H,5-6,9-14,16-17H2,1-4H3. The molecule has 0 radical (unpaired) electrons. The second-order valence-corrected chi connectivity index (χ2v) is 10.3. The van der Waals surface area contributed by atoms with E-state index in [1.807, 2.05) is 39.0 Å². The summed E-state index contributed by atoms with van der Waals surface area (Å²) < 4.78 is 17.2. The summed E-state index contributed by atoms with van der Waals surface area (Å²) in [6.07, 6.45) is 7.02. The Morgan fingerprint density at radius 1 is 1.19 bits per heavy atom. The average Bonchev–Trinajstić information content (AvgIpc) is 3.41. The van der Waals surface area contributed by atoms with E-state index < -0.39 is 5.60 Å². The van der Waals surface area contributed by atoms with E-state index in [1.165, 1.54) is 12.8 Å². The lowest BCUT2D eigenvalue weighted by atomic mass is 9.93. The minimum atomic E-state index is -0.468. The molecule has 0 aromatic heterocycles. The molecule has 1 saturated carbocycles. The molecule has 7 nitrogen and oxygen atoms in total. The maximum absolute atomic E-state index is 12.3. The highest BCUT2D eigenvalue weighted by Gasteiger charge is 2.42. The molecule has 1 aliphatic carbocycles. The third-order valence-corrected chi connectivity index (χ3v) is 6.59. The summed E-state index contributed by atoms with van der Waals surface area (Å²) in [5.74, 6) is 1.83. The van der Waals surface area contributed by atoms with Crippen LogP contribution in [-0.4, -0.2) is 54.7 Å². The van der Waals surface area contributed by atoms with E-state index in [1.54, 1.807) is 12.0 Å². The van der Waals surface area contributed by atoms with Crippen LogP contribution in [0.1, 0.15) is 71.3 Å². The van der Waals surface area contributed by atoms with Gasteiger partial charge >= 0.3 is 6.09 Å². The number of oxime groups is 1. The molecular formula is C25H36N2O5. The number of likely N-dealkylation sites (tertiary alicyclic amines) is 1. The zero-order valence-electron chi connectivity index (χ0n) is 19.8. The van der Waals surface area contributed by atoms with Crippen LogP contribution in [0.2, 0.25) is 0 Å². The van der Waals surface area contributed by atoms with E-state index in [4.69, 9.17) is 19.0 Å². The number of carbonyl (C=O) groups is 1. The number of hydrogen-bond acceptors (Lipinski definition) is 6. The van der Waals surface area contributed by atoms with Gasteiger partial charge in [0.1, 0.15) is 11.2 Å². The summed E-state index contributed by atoms with van der Waals surface area (Å²) in [5.41, 5.74) is 1.47. The lowest BCUT2D eigenvalue weighted by molar-refractivity contribution is -0.0126. The molecule has 7 heteroatoms. The van der Waals surface area contributed by atoms with Crippen molar-refractivity contribution >= 4 is 11.8 Å². The molecular weight excluding hydrogens is 408 g/mol. The number of amides is 1. The topological polar surface area (TPSA) is 69.6 Å². The maximum atomic E-state index is 12.3. The largest absolute Gasteiger partial charge is 0.493 e. The molecule has 3 aliphatic rings. The highest BCUT2D eigenvalue weighted by molar-refractivity contribution is 6.02. The van der Waals surface area contributed by atoms with E-state index in [0.29, 0.717) is 25.6 Å². The van der Waals surface area contributed by atoms with Crippen LogP contribution in [-0.2, 0) is 9.57 Å². The molecule has 1 amide bonds. The van der Waals surface area contributed by atoms with E-state index in [2.05, 4.69) is 5.16 Å². The Bertz CT molecular complexity index is 846. The van der Waals surface area contributed by atoms with Gasteiger partial charge in [0, 0.05) is 25.1 Å². The van der Waals surface area contributed by atoms with Gasteiger partial charge < -0.3 is 23.9 Å². The number of carbonyl (C=O) groups excluding carboxylic acids is 1. The van der Waals surface area contributed by atoms with E-state index in [0.717, 1.165) is 54.9 Å². The quantitative estimate of drug-likeness (QED) is 0.628. The molecule has 2 aliphatic heterocycles. The minimum absolute atomic E-state index is 0.0849. The Labute approximate surface area is 191 Å². The van der Waals surface area contributed by atoms with Crippen molar-refractivity contribution in [3.05, 3.63) is 23.8 Å². The van der Waals surface area contributed by atoms with Crippen LogP contribution in [0.15, 0.2) is 23.4 Å². The second kappa shape index (κ2) is 9.20. The summed E-state index contributed by atoms with van der Waals surface area (Å²) in [4.78, 5) is 19.9. The highest BCUT2D eigenvalue weighted by atomic mass is 16.7. The molecule has 176 valence electrons. The summed E-state index contributed by atoms with van der Waals surface area (Å²) in [5, 5.41) is 4.41. The van der Waals surface area contributed by atoms with Crippen molar-refractivity contribution in [1.82, 2.24) is 4.90 Å². The maximum Gasteiger partial charge on any atom is 0.410 e. The zero-order chi connectivity index (χ0) is 22.8. The Hall–Kier alpha value is -2.44. The summed E-state index contributed by atoms with van der Waals surface area (Å²) >= 11 is 0. The Morgan fingerprint density at radius 3 is 2.56 bits per heavy atom. The number of nitrogens with zero attached hydrogens (tertiary/aromatic N) is 2. The van der Waals surface area contributed by atoms with Gasteiger partial charge in [-0.15, -0.1) is 0 Å². The fourth-order valence-electron chi connectivity index (χ4n) is 4.75. The predicted molar refractivity (Wildman–Crippen MR) is 122 cm³/mol. The van der Waals surface area contributed by atoms with Gasteiger partial charge in [-0.25, -0.2) is 4.79 Å². The second-order valence-electron chi connectivity index (χ2n) is 10.3. The molecule has 4 rings (SSSR count). The number of rotatable bonds is 5. The molecule has 0 N–H and O–H groups in total. The molecule has 0 unspecified atom stereocenters. The molecule has 2 heterocycles. The first-order chi connectivity index (χ1) is 15.3.